The highest BCUT2D eigenvalue weighted by Crippen LogP contribution is 2.14. The molecule has 1 rings (SSSR count). The van der Waals surface area contributed by atoms with Crippen LogP contribution in [0.4, 0.5) is 4.39 Å². The van der Waals surface area contributed by atoms with Crippen molar-refractivity contribution >= 4 is 11.9 Å². The maximum atomic E-state index is 13.5. The summed E-state index contributed by atoms with van der Waals surface area (Å²) in [5, 5.41) is 5.57. The summed E-state index contributed by atoms with van der Waals surface area (Å²) in [5.41, 5.74) is 2.08. The quantitative estimate of drug-likeness (QED) is 0.774. The minimum atomic E-state index is -0.741. The Kier molecular flexibility index (Phi) is 6.30. The molecule has 1 unspecified atom stereocenters. The fraction of sp³-hybridized carbons (Fsp3) is 0.467. The molecule has 0 radical (unpaired) electrons. The van der Waals surface area contributed by atoms with E-state index in [0.29, 0.717) is 17.7 Å². The van der Waals surface area contributed by atoms with Crippen molar-refractivity contribution in [1.29, 1.82) is 0 Å². The van der Waals surface area contributed by atoms with Gasteiger partial charge in [0.15, 0.2) is 0 Å². The number of aryl methyl sites for hydroxylation is 2. The molecular weight excluding hydrogens is 275 g/mol. The monoisotopic (exact) mass is 296 g/mol. The molecule has 6 heteroatoms. The fourth-order valence-corrected chi connectivity index (χ4v) is 2.08. The molecular formula is C15H21FN2O3. The number of hydrogen-bond acceptors (Lipinski definition) is 4. The summed E-state index contributed by atoms with van der Waals surface area (Å²) in [7, 11) is 1.27. The minimum absolute atomic E-state index is 0.204. The Morgan fingerprint density at radius 2 is 1.86 bits per heavy atom. The lowest BCUT2D eigenvalue weighted by atomic mass is 10.1. The second kappa shape index (κ2) is 7.73. The predicted octanol–water partition coefficient (Wildman–Crippen LogP) is 1.21. The first kappa shape index (κ1) is 17.1. The molecule has 1 aromatic carbocycles. The highest BCUT2D eigenvalue weighted by atomic mass is 19.1. The average molecular weight is 296 g/mol. The van der Waals surface area contributed by atoms with Crippen molar-refractivity contribution < 1.29 is 18.7 Å². The van der Waals surface area contributed by atoms with Gasteiger partial charge in [0.2, 0.25) is 5.91 Å². The van der Waals surface area contributed by atoms with Crippen molar-refractivity contribution in [2.45, 2.75) is 33.4 Å². The Balaban J connectivity index is 2.61. The largest absolute Gasteiger partial charge is 0.467 e. The van der Waals surface area contributed by atoms with Gasteiger partial charge in [-0.05, 0) is 30.5 Å². The first-order valence-corrected chi connectivity index (χ1v) is 6.66. The molecule has 0 spiro atoms. The molecule has 1 atom stereocenters. The molecule has 116 valence electrons. The molecule has 0 fully saturated rings. The standard InChI is InChI=1S/C15H21FN2O3/c1-9-5-12(6-10(2)14(9)16)7-17-8-13(15(20)21-4)18-11(3)19/h5-6,13,17H,7-8H2,1-4H3,(H,18,19). The summed E-state index contributed by atoms with van der Waals surface area (Å²) < 4.78 is 18.2. The summed E-state index contributed by atoms with van der Waals surface area (Å²) >= 11 is 0. The van der Waals surface area contributed by atoms with Gasteiger partial charge in [0.05, 0.1) is 7.11 Å². The highest BCUT2D eigenvalue weighted by molar-refractivity contribution is 5.83. The molecule has 0 saturated heterocycles. The van der Waals surface area contributed by atoms with E-state index in [9.17, 15) is 14.0 Å². The zero-order valence-corrected chi connectivity index (χ0v) is 12.7. The normalized spacial score (nSPS) is 11.9. The van der Waals surface area contributed by atoms with E-state index in [2.05, 4.69) is 15.4 Å². The average Bonchev–Trinajstić information content (AvgIpc) is 2.42. The Morgan fingerprint density at radius 3 is 2.33 bits per heavy atom. The van der Waals surface area contributed by atoms with Gasteiger partial charge in [0.1, 0.15) is 11.9 Å². The molecule has 0 aliphatic heterocycles. The molecule has 5 nitrogen and oxygen atoms in total. The van der Waals surface area contributed by atoms with Gasteiger partial charge < -0.3 is 15.4 Å². The van der Waals surface area contributed by atoms with Crippen molar-refractivity contribution in [3.05, 3.63) is 34.6 Å². The number of ether oxygens (including phenoxy) is 1. The van der Waals surface area contributed by atoms with Crippen LogP contribution < -0.4 is 10.6 Å². The van der Waals surface area contributed by atoms with Gasteiger partial charge in [0.25, 0.3) is 0 Å². The number of carbonyl (C=O) groups is 2. The molecule has 0 aromatic heterocycles. The van der Waals surface area contributed by atoms with Crippen LogP contribution in [0.15, 0.2) is 12.1 Å². The van der Waals surface area contributed by atoms with E-state index in [4.69, 9.17) is 0 Å². The van der Waals surface area contributed by atoms with Crippen molar-refractivity contribution in [2.24, 2.45) is 0 Å². The number of esters is 1. The third kappa shape index (κ3) is 5.15. The maximum absolute atomic E-state index is 13.5. The number of amides is 1. The van der Waals surface area contributed by atoms with E-state index in [1.54, 1.807) is 26.0 Å². The Labute approximate surface area is 123 Å². The summed E-state index contributed by atoms with van der Waals surface area (Å²) in [6, 6.07) is 2.76. The van der Waals surface area contributed by atoms with Crippen molar-refractivity contribution in [2.75, 3.05) is 13.7 Å². The smallest absolute Gasteiger partial charge is 0.329 e. The number of halogens is 1. The van der Waals surface area contributed by atoms with Crippen LogP contribution in [0, 0.1) is 19.7 Å². The Bertz CT molecular complexity index is 509. The van der Waals surface area contributed by atoms with Crippen LogP contribution in [0.1, 0.15) is 23.6 Å². The summed E-state index contributed by atoms with van der Waals surface area (Å²) in [6.07, 6.45) is 0. The van der Waals surface area contributed by atoms with E-state index < -0.39 is 12.0 Å². The van der Waals surface area contributed by atoms with Gasteiger partial charge >= 0.3 is 5.97 Å². The summed E-state index contributed by atoms with van der Waals surface area (Å²) in [6.45, 7) is 5.46. The van der Waals surface area contributed by atoms with Crippen LogP contribution in [0.5, 0.6) is 0 Å². The van der Waals surface area contributed by atoms with Crippen LogP contribution in [0.2, 0.25) is 0 Å². The van der Waals surface area contributed by atoms with Crippen LogP contribution in [-0.2, 0) is 20.9 Å². The van der Waals surface area contributed by atoms with E-state index >= 15 is 0 Å². The van der Waals surface area contributed by atoms with Crippen LogP contribution in [0.25, 0.3) is 0 Å². The van der Waals surface area contributed by atoms with Gasteiger partial charge in [-0.25, -0.2) is 9.18 Å². The molecule has 1 aromatic rings. The lowest BCUT2D eigenvalue weighted by Gasteiger charge is -2.16. The lowest BCUT2D eigenvalue weighted by molar-refractivity contribution is -0.144. The third-order valence-corrected chi connectivity index (χ3v) is 3.04. The van der Waals surface area contributed by atoms with Crippen molar-refractivity contribution in [1.82, 2.24) is 10.6 Å². The number of rotatable bonds is 6. The molecule has 0 bridgehead atoms. The van der Waals surface area contributed by atoms with E-state index in [0.717, 1.165) is 5.56 Å². The van der Waals surface area contributed by atoms with Gasteiger partial charge in [0, 0.05) is 20.0 Å². The topological polar surface area (TPSA) is 67.4 Å². The van der Waals surface area contributed by atoms with Crippen molar-refractivity contribution in [3.8, 4) is 0 Å². The Hall–Kier alpha value is -1.95. The number of nitrogens with one attached hydrogen (secondary N) is 2. The zero-order chi connectivity index (χ0) is 16.0. The number of benzene rings is 1. The summed E-state index contributed by atoms with van der Waals surface area (Å²) in [5.74, 6) is -1.02. The molecule has 1 amide bonds. The predicted molar refractivity (Wildman–Crippen MR) is 77.2 cm³/mol. The highest BCUT2D eigenvalue weighted by Gasteiger charge is 2.19. The summed E-state index contributed by atoms with van der Waals surface area (Å²) in [4.78, 5) is 22.6. The van der Waals surface area contributed by atoms with Gasteiger partial charge in [-0.15, -0.1) is 0 Å². The second-order valence-electron chi connectivity index (χ2n) is 4.95. The molecule has 0 saturated carbocycles. The van der Waals surface area contributed by atoms with Gasteiger partial charge in [-0.3, -0.25) is 4.79 Å². The van der Waals surface area contributed by atoms with Crippen LogP contribution in [-0.4, -0.2) is 31.6 Å². The fourth-order valence-electron chi connectivity index (χ4n) is 2.08. The number of carbonyl (C=O) groups excluding carboxylic acids is 2. The second-order valence-corrected chi connectivity index (χ2v) is 4.95. The van der Waals surface area contributed by atoms with Gasteiger partial charge in [-0.2, -0.15) is 0 Å². The van der Waals surface area contributed by atoms with E-state index in [1.807, 2.05) is 0 Å². The van der Waals surface area contributed by atoms with E-state index in [-0.39, 0.29) is 18.3 Å². The maximum Gasteiger partial charge on any atom is 0.329 e. The molecule has 0 aliphatic carbocycles. The number of methoxy groups -OCH3 is 1. The molecule has 0 aliphatic rings. The third-order valence-electron chi connectivity index (χ3n) is 3.04. The first-order chi connectivity index (χ1) is 9.85. The molecule has 21 heavy (non-hydrogen) atoms. The van der Waals surface area contributed by atoms with Crippen LogP contribution in [0.3, 0.4) is 0 Å². The SMILES string of the molecule is COC(=O)C(CNCc1cc(C)c(F)c(C)c1)NC(C)=O. The first-order valence-electron chi connectivity index (χ1n) is 6.66. The minimum Gasteiger partial charge on any atom is -0.467 e. The lowest BCUT2D eigenvalue weighted by Crippen LogP contribution is -2.46. The van der Waals surface area contributed by atoms with E-state index in [1.165, 1.54) is 14.0 Å². The number of hydrogen-bond donors (Lipinski definition) is 2. The van der Waals surface area contributed by atoms with Crippen LogP contribution >= 0.6 is 0 Å². The molecule has 2 N–H and O–H groups in total. The molecule has 0 heterocycles. The zero-order valence-electron chi connectivity index (χ0n) is 12.7. The Morgan fingerprint density at radius 1 is 1.29 bits per heavy atom. The van der Waals surface area contributed by atoms with Crippen molar-refractivity contribution in [3.63, 3.8) is 0 Å². The van der Waals surface area contributed by atoms with Gasteiger partial charge in [-0.1, -0.05) is 12.1 Å².